The first kappa shape index (κ1) is 12.9. The summed E-state index contributed by atoms with van der Waals surface area (Å²) in [5, 5.41) is 12.0. The molecule has 3 N–H and O–H groups in total. The number of hydrogen-bond donors (Lipinski definition) is 2. The second-order valence-electron chi connectivity index (χ2n) is 4.47. The molecule has 4 heteroatoms. The minimum atomic E-state index is -0.151. The van der Waals surface area contributed by atoms with Gasteiger partial charge in [-0.05, 0) is 24.4 Å². The molecule has 18 heavy (non-hydrogen) atoms. The lowest BCUT2D eigenvalue weighted by atomic mass is 10.1. The van der Waals surface area contributed by atoms with Gasteiger partial charge in [0.15, 0.2) is 0 Å². The van der Waals surface area contributed by atoms with Crippen molar-refractivity contribution in [2.24, 2.45) is 5.73 Å². The summed E-state index contributed by atoms with van der Waals surface area (Å²) in [5.41, 5.74) is 7.55. The lowest BCUT2D eigenvalue weighted by Gasteiger charge is -2.20. The minimum Gasteiger partial charge on any atom is -0.508 e. The van der Waals surface area contributed by atoms with Gasteiger partial charge in [-0.15, -0.1) is 11.3 Å². The van der Waals surface area contributed by atoms with E-state index in [1.807, 2.05) is 32.2 Å². The smallest absolute Gasteiger partial charge is 0.122 e. The van der Waals surface area contributed by atoms with Crippen molar-refractivity contribution in [3.63, 3.8) is 0 Å². The first-order valence-corrected chi connectivity index (χ1v) is 6.78. The Morgan fingerprint density at radius 1 is 1.39 bits per heavy atom. The quantitative estimate of drug-likeness (QED) is 0.890. The molecule has 1 aromatic carbocycles. The van der Waals surface area contributed by atoms with Crippen LogP contribution in [0, 0.1) is 0 Å². The number of thiophene rings is 1. The zero-order valence-corrected chi connectivity index (χ0v) is 11.4. The van der Waals surface area contributed by atoms with Crippen LogP contribution in [-0.4, -0.2) is 12.2 Å². The lowest BCUT2D eigenvalue weighted by Crippen LogP contribution is -2.15. The number of rotatable bonds is 4. The number of phenols is 1. The van der Waals surface area contributed by atoms with Crippen molar-refractivity contribution >= 4 is 17.0 Å². The summed E-state index contributed by atoms with van der Waals surface area (Å²) in [6.45, 7) is 2.71. The molecule has 0 spiro atoms. The third-order valence-electron chi connectivity index (χ3n) is 2.92. The highest BCUT2D eigenvalue weighted by Crippen LogP contribution is 2.28. The fraction of sp³-hybridized carbons (Fsp3) is 0.286. The van der Waals surface area contributed by atoms with Gasteiger partial charge in [-0.1, -0.05) is 12.1 Å². The number of anilines is 1. The Bertz CT molecular complexity index is 509. The van der Waals surface area contributed by atoms with E-state index in [2.05, 4.69) is 16.3 Å². The van der Waals surface area contributed by atoms with Gasteiger partial charge < -0.3 is 15.7 Å². The lowest BCUT2D eigenvalue weighted by molar-refractivity contribution is 0.464. The highest BCUT2D eigenvalue weighted by molar-refractivity contribution is 7.09. The molecule has 0 fully saturated rings. The van der Waals surface area contributed by atoms with Crippen molar-refractivity contribution in [2.45, 2.75) is 19.5 Å². The van der Waals surface area contributed by atoms with Crippen LogP contribution in [0.5, 0.6) is 5.75 Å². The predicted octanol–water partition coefficient (Wildman–Crippen LogP) is 3.11. The van der Waals surface area contributed by atoms with Gasteiger partial charge in [-0.25, -0.2) is 0 Å². The number of nitrogens with zero attached hydrogens (tertiary/aromatic N) is 1. The van der Waals surface area contributed by atoms with Gasteiger partial charge >= 0.3 is 0 Å². The molecule has 0 bridgehead atoms. The molecule has 0 aliphatic carbocycles. The van der Waals surface area contributed by atoms with E-state index < -0.39 is 0 Å². The predicted molar refractivity (Wildman–Crippen MR) is 77.1 cm³/mol. The zero-order valence-electron chi connectivity index (χ0n) is 10.6. The summed E-state index contributed by atoms with van der Waals surface area (Å²) in [7, 11) is 2.01. The monoisotopic (exact) mass is 262 g/mol. The molecule has 0 radical (unpaired) electrons. The van der Waals surface area contributed by atoms with Crippen LogP contribution in [0.3, 0.4) is 0 Å². The highest BCUT2D eigenvalue weighted by atomic mass is 32.1. The van der Waals surface area contributed by atoms with E-state index >= 15 is 0 Å². The molecule has 1 unspecified atom stereocenters. The van der Waals surface area contributed by atoms with Gasteiger partial charge in [-0.2, -0.15) is 0 Å². The molecule has 2 aromatic rings. The number of hydrogen-bond acceptors (Lipinski definition) is 4. The van der Waals surface area contributed by atoms with Crippen molar-refractivity contribution in [1.82, 2.24) is 0 Å². The molecule has 0 aliphatic heterocycles. The molecule has 1 atom stereocenters. The van der Waals surface area contributed by atoms with Crippen LogP contribution >= 0.6 is 11.3 Å². The largest absolute Gasteiger partial charge is 0.508 e. The van der Waals surface area contributed by atoms with E-state index in [4.69, 9.17) is 5.73 Å². The molecule has 0 saturated heterocycles. The molecule has 0 aliphatic rings. The third-order valence-corrected chi connectivity index (χ3v) is 3.78. The van der Waals surface area contributed by atoms with Crippen molar-refractivity contribution < 1.29 is 5.11 Å². The maximum atomic E-state index is 9.93. The maximum absolute atomic E-state index is 9.93. The van der Waals surface area contributed by atoms with E-state index in [0.29, 0.717) is 0 Å². The number of phenolic OH excluding ortho intramolecular Hbond substituents is 1. The van der Waals surface area contributed by atoms with Crippen molar-refractivity contribution in [2.75, 3.05) is 11.9 Å². The van der Waals surface area contributed by atoms with Gasteiger partial charge in [0.1, 0.15) is 5.75 Å². The van der Waals surface area contributed by atoms with Crippen LogP contribution in [0.15, 0.2) is 35.7 Å². The number of aromatic hydroxyl groups is 1. The maximum Gasteiger partial charge on any atom is 0.122 e. The summed E-state index contributed by atoms with van der Waals surface area (Å²) in [4.78, 5) is 3.41. The Balaban J connectivity index is 2.16. The molecule has 2 rings (SSSR count). The topological polar surface area (TPSA) is 49.5 Å². The molecule has 0 saturated carbocycles. The van der Waals surface area contributed by atoms with Crippen molar-refractivity contribution in [3.05, 3.63) is 46.2 Å². The second kappa shape index (κ2) is 5.42. The summed E-state index contributed by atoms with van der Waals surface area (Å²) in [6, 6.07) is 9.65. The summed E-state index contributed by atoms with van der Waals surface area (Å²) in [5.74, 6) is 0.264. The van der Waals surface area contributed by atoms with Gasteiger partial charge in [0, 0.05) is 35.3 Å². The summed E-state index contributed by atoms with van der Waals surface area (Å²) < 4.78 is 0. The first-order valence-electron chi connectivity index (χ1n) is 5.90. The molecule has 1 aromatic heterocycles. The van der Waals surface area contributed by atoms with Crippen LogP contribution in [-0.2, 0) is 6.54 Å². The van der Waals surface area contributed by atoms with E-state index in [0.717, 1.165) is 17.8 Å². The van der Waals surface area contributed by atoms with Gasteiger partial charge in [0.05, 0.1) is 6.54 Å². The number of benzene rings is 1. The van der Waals surface area contributed by atoms with E-state index in [-0.39, 0.29) is 11.8 Å². The molecule has 3 nitrogen and oxygen atoms in total. The summed E-state index contributed by atoms with van der Waals surface area (Å²) in [6.07, 6.45) is 0. The Morgan fingerprint density at radius 2 is 2.17 bits per heavy atom. The van der Waals surface area contributed by atoms with Crippen LogP contribution in [0.2, 0.25) is 0 Å². The van der Waals surface area contributed by atoms with E-state index in [1.54, 1.807) is 17.4 Å². The Labute approximate surface area is 111 Å². The van der Waals surface area contributed by atoms with Gasteiger partial charge in [-0.3, -0.25) is 0 Å². The fourth-order valence-electron chi connectivity index (χ4n) is 1.88. The average Bonchev–Trinajstić information content (AvgIpc) is 2.81. The number of nitrogens with two attached hydrogens (primary N) is 1. The zero-order chi connectivity index (χ0) is 13.1. The fourth-order valence-corrected chi connectivity index (χ4v) is 2.64. The van der Waals surface area contributed by atoms with Gasteiger partial charge in [0.2, 0.25) is 0 Å². The normalized spacial score (nSPS) is 12.4. The van der Waals surface area contributed by atoms with Crippen LogP contribution in [0.4, 0.5) is 5.69 Å². The van der Waals surface area contributed by atoms with Crippen molar-refractivity contribution in [1.29, 1.82) is 0 Å². The standard InChI is InChI=1S/C14H18N2OS/c1-10(15)13-6-5-11(8-14(13)17)16(2)9-12-4-3-7-18-12/h3-8,10,17H,9,15H2,1-2H3. The highest BCUT2D eigenvalue weighted by Gasteiger charge is 2.09. The Kier molecular flexibility index (Phi) is 3.89. The first-order chi connectivity index (χ1) is 8.58. The summed E-state index contributed by atoms with van der Waals surface area (Å²) >= 11 is 1.73. The van der Waals surface area contributed by atoms with Crippen LogP contribution in [0.1, 0.15) is 23.4 Å². The SMILES string of the molecule is CC(N)c1ccc(N(C)Cc2cccs2)cc1O. The Morgan fingerprint density at radius 3 is 2.72 bits per heavy atom. The molecule has 0 amide bonds. The average molecular weight is 262 g/mol. The molecular weight excluding hydrogens is 244 g/mol. The van der Waals surface area contributed by atoms with E-state index in [1.165, 1.54) is 4.88 Å². The van der Waals surface area contributed by atoms with Crippen LogP contribution in [0.25, 0.3) is 0 Å². The van der Waals surface area contributed by atoms with Crippen LogP contribution < -0.4 is 10.6 Å². The molecular formula is C14H18N2OS. The van der Waals surface area contributed by atoms with E-state index in [9.17, 15) is 5.11 Å². The van der Waals surface area contributed by atoms with Crippen molar-refractivity contribution in [3.8, 4) is 5.75 Å². The second-order valence-corrected chi connectivity index (χ2v) is 5.50. The minimum absolute atomic E-state index is 0.151. The molecule has 96 valence electrons. The third kappa shape index (κ3) is 2.83. The molecule has 1 heterocycles. The Hall–Kier alpha value is -1.52. The van der Waals surface area contributed by atoms with Gasteiger partial charge in [0.25, 0.3) is 0 Å².